The Kier molecular flexibility index (Phi) is 4.95. The van der Waals surface area contributed by atoms with E-state index in [2.05, 4.69) is 5.32 Å². The molecule has 1 amide bonds. The Morgan fingerprint density at radius 2 is 1.89 bits per heavy atom. The predicted molar refractivity (Wildman–Crippen MR) is 100 cm³/mol. The lowest BCUT2D eigenvalue weighted by molar-refractivity contribution is -0.136. The number of amides is 1. The van der Waals surface area contributed by atoms with Crippen molar-refractivity contribution < 1.29 is 27.5 Å². The Labute approximate surface area is 160 Å². The summed E-state index contributed by atoms with van der Waals surface area (Å²) < 4.78 is 41.3. The van der Waals surface area contributed by atoms with Crippen LogP contribution in [0.3, 0.4) is 0 Å². The van der Waals surface area contributed by atoms with E-state index in [-0.39, 0.29) is 32.6 Å². The first-order chi connectivity index (χ1) is 13.2. The molecule has 28 heavy (non-hydrogen) atoms. The molecule has 146 valence electrons. The van der Waals surface area contributed by atoms with Crippen molar-refractivity contribution in [2.45, 2.75) is 18.2 Å². The molecule has 3 aromatic rings. The Balaban J connectivity index is 2.30. The second-order valence-electron chi connectivity index (χ2n) is 6.17. The van der Waals surface area contributed by atoms with Gasteiger partial charge >= 0.3 is 5.97 Å². The van der Waals surface area contributed by atoms with Crippen LogP contribution < -0.4 is 5.32 Å². The first-order valence-electron chi connectivity index (χ1n) is 8.25. The summed E-state index contributed by atoms with van der Waals surface area (Å²) in [7, 11) is -2.74. The maximum atomic E-state index is 13.7. The second kappa shape index (κ2) is 7.08. The Morgan fingerprint density at radius 3 is 2.54 bits per heavy atom. The fourth-order valence-electron chi connectivity index (χ4n) is 3.16. The third-order valence-corrected chi connectivity index (χ3v) is 6.23. The van der Waals surface area contributed by atoms with Crippen LogP contribution in [0, 0.1) is 12.7 Å². The number of nitrogens with one attached hydrogen (secondary N) is 1. The molecule has 0 saturated carbocycles. The van der Waals surface area contributed by atoms with Crippen LogP contribution in [0.5, 0.6) is 0 Å². The summed E-state index contributed by atoms with van der Waals surface area (Å²) >= 11 is 0. The first kappa shape index (κ1) is 19.6. The van der Waals surface area contributed by atoms with Crippen LogP contribution >= 0.6 is 0 Å². The lowest BCUT2D eigenvalue weighted by atomic mass is 10.1. The highest BCUT2D eigenvalue weighted by atomic mass is 32.2. The maximum absolute atomic E-state index is 13.7. The number of carbonyl (C=O) groups is 2. The normalized spacial score (nSPS) is 11.5. The van der Waals surface area contributed by atoms with Gasteiger partial charge in [-0.15, -0.1) is 0 Å². The van der Waals surface area contributed by atoms with Crippen LogP contribution in [0.15, 0.2) is 47.4 Å². The van der Waals surface area contributed by atoms with E-state index in [0.717, 1.165) is 16.1 Å². The Morgan fingerprint density at radius 1 is 1.18 bits per heavy atom. The summed E-state index contributed by atoms with van der Waals surface area (Å²) in [6.07, 6.45) is -0.452. The molecule has 3 rings (SSSR count). The van der Waals surface area contributed by atoms with E-state index in [1.807, 2.05) is 0 Å². The lowest BCUT2D eigenvalue weighted by Gasteiger charge is -2.11. The molecule has 0 atom stereocenters. The molecule has 1 heterocycles. The van der Waals surface area contributed by atoms with Gasteiger partial charge in [-0.05, 0) is 48.9 Å². The summed E-state index contributed by atoms with van der Waals surface area (Å²) in [5.41, 5.74) is 0.719. The van der Waals surface area contributed by atoms with Gasteiger partial charge < -0.3 is 10.4 Å². The van der Waals surface area contributed by atoms with Gasteiger partial charge in [-0.1, -0.05) is 6.07 Å². The van der Waals surface area contributed by atoms with Gasteiger partial charge in [0.1, 0.15) is 5.82 Å². The number of aromatic nitrogens is 1. The van der Waals surface area contributed by atoms with Crippen LogP contribution in [-0.2, 0) is 21.2 Å². The highest BCUT2D eigenvalue weighted by Gasteiger charge is 2.26. The fraction of sp³-hybridized carbons (Fsp3) is 0.158. The van der Waals surface area contributed by atoms with Gasteiger partial charge in [0.25, 0.3) is 15.9 Å². The summed E-state index contributed by atoms with van der Waals surface area (Å²) in [6.45, 7) is 1.47. The van der Waals surface area contributed by atoms with Crippen molar-refractivity contribution in [3.8, 4) is 0 Å². The maximum Gasteiger partial charge on any atom is 0.307 e. The number of hydrogen-bond acceptors (Lipinski definition) is 4. The lowest BCUT2D eigenvalue weighted by Crippen LogP contribution is -2.19. The largest absolute Gasteiger partial charge is 0.481 e. The summed E-state index contributed by atoms with van der Waals surface area (Å²) in [6, 6.07) is 9.02. The Bertz CT molecular complexity index is 1210. The summed E-state index contributed by atoms with van der Waals surface area (Å²) in [4.78, 5) is 22.9. The summed E-state index contributed by atoms with van der Waals surface area (Å²) in [5.74, 6) is -2.21. The van der Waals surface area contributed by atoms with Crippen molar-refractivity contribution in [1.29, 1.82) is 0 Å². The third-order valence-electron chi connectivity index (χ3n) is 4.43. The van der Waals surface area contributed by atoms with Crippen LogP contribution in [0.25, 0.3) is 10.9 Å². The number of benzene rings is 2. The number of aliphatic carboxylic acids is 1. The van der Waals surface area contributed by atoms with Crippen LogP contribution in [0.4, 0.5) is 4.39 Å². The SMILES string of the molecule is CNC(=O)c1cccc(S(=O)(=O)n2c(C)c(CC(=O)O)c3cc(F)ccc32)c1. The molecule has 0 aliphatic carbocycles. The van der Waals surface area contributed by atoms with E-state index in [4.69, 9.17) is 0 Å². The molecule has 0 aliphatic heterocycles. The quantitative estimate of drug-likeness (QED) is 0.679. The molecule has 0 bridgehead atoms. The minimum atomic E-state index is -4.17. The molecule has 1 aromatic heterocycles. The van der Waals surface area contributed by atoms with Crippen molar-refractivity contribution in [2.24, 2.45) is 0 Å². The van der Waals surface area contributed by atoms with Crippen molar-refractivity contribution in [2.75, 3.05) is 7.05 Å². The number of fused-ring (bicyclic) bond motifs is 1. The van der Waals surface area contributed by atoms with Gasteiger partial charge in [-0.25, -0.2) is 16.8 Å². The van der Waals surface area contributed by atoms with Gasteiger partial charge in [0.2, 0.25) is 0 Å². The monoisotopic (exact) mass is 404 g/mol. The molecule has 7 nitrogen and oxygen atoms in total. The highest BCUT2D eigenvalue weighted by Crippen LogP contribution is 2.31. The van der Waals surface area contributed by atoms with Crippen LogP contribution in [0.2, 0.25) is 0 Å². The fourth-order valence-corrected chi connectivity index (χ4v) is 4.78. The molecule has 0 radical (unpaired) electrons. The molecule has 0 spiro atoms. The minimum absolute atomic E-state index is 0.139. The van der Waals surface area contributed by atoms with E-state index in [0.29, 0.717) is 0 Å². The topological polar surface area (TPSA) is 105 Å². The smallest absolute Gasteiger partial charge is 0.307 e. The van der Waals surface area contributed by atoms with Crippen molar-refractivity contribution in [3.63, 3.8) is 0 Å². The minimum Gasteiger partial charge on any atom is -0.481 e. The molecule has 0 fully saturated rings. The second-order valence-corrected chi connectivity index (χ2v) is 7.96. The van der Waals surface area contributed by atoms with Gasteiger partial charge in [0.15, 0.2) is 0 Å². The van der Waals surface area contributed by atoms with Crippen molar-refractivity contribution >= 4 is 32.8 Å². The van der Waals surface area contributed by atoms with Crippen molar-refractivity contribution in [1.82, 2.24) is 9.29 Å². The number of hydrogen-bond donors (Lipinski definition) is 2. The van der Waals surface area contributed by atoms with E-state index < -0.39 is 34.1 Å². The number of nitrogens with zero attached hydrogens (tertiary/aromatic N) is 1. The number of carboxylic acids is 1. The number of carbonyl (C=O) groups excluding carboxylic acids is 1. The van der Waals surface area contributed by atoms with Gasteiger partial charge in [-0.2, -0.15) is 0 Å². The van der Waals surface area contributed by atoms with Crippen molar-refractivity contribution in [3.05, 3.63) is 65.1 Å². The molecule has 2 aromatic carbocycles. The average molecular weight is 404 g/mol. The zero-order valence-corrected chi connectivity index (χ0v) is 15.9. The van der Waals surface area contributed by atoms with E-state index in [9.17, 15) is 27.5 Å². The zero-order valence-electron chi connectivity index (χ0n) is 15.1. The number of carboxylic acid groups (broad SMARTS) is 1. The number of rotatable bonds is 5. The molecular formula is C19H17FN2O5S. The molecule has 0 unspecified atom stereocenters. The molecular weight excluding hydrogens is 387 g/mol. The highest BCUT2D eigenvalue weighted by molar-refractivity contribution is 7.90. The van der Waals surface area contributed by atoms with E-state index in [1.54, 1.807) is 0 Å². The third kappa shape index (κ3) is 3.24. The molecule has 0 saturated heterocycles. The van der Waals surface area contributed by atoms with Crippen LogP contribution in [0.1, 0.15) is 21.6 Å². The van der Waals surface area contributed by atoms with Crippen LogP contribution in [-0.4, -0.2) is 36.4 Å². The van der Waals surface area contributed by atoms with Gasteiger partial charge in [0.05, 0.1) is 16.8 Å². The van der Waals surface area contributed by atoms with E-state index >= 15 is 0 Å². The first-order valence-corrected chi connectivity index (χ1v) is 9.69. The number of halogens is 1. The predicted octanol–water partition coefficient (Wildman–Crippen LogP) is 2.31. The standard InChI is InChI=1S/C19H17FN2O5S/c1-11-15(10-18(23)24)16-9-13(20)6-7-17(16)22(11)28(26,27)14-5-3-4-12(8-14)19(25)21-2/h3-9H,10H2,1-2H3,(H,21,25)(H,23,24). The zero-order chi connectivity index (χ0) is 20.6. The molecule has 9 heteroatoms. The Hall–Kier alpha value is -3.20. The molecule has 2 N–H and O–H groups in total. The van der Waals surface area contributed by atoms with Gasteiger partial charge in [0, 0.05) is 23.7 Å². The van der Waals surface area contributed by atoms with E-state index in [1.165, 1.54) is 44.3 Å². The summed E-state index contributed by atoms with van der Waals surface area (Å²) in [5, 5.41) is 11.8. The molecule has 0 aliphatic rings. The average Bonchev–Trinajstić information content (AvgIpc) is 2.92. The van der Waals surface area contributed by atoms with Gasteiger partial charge in [-0.3, -0.25) is 9.59 Å².